The van der Waals surface area contributed by atoms with Crippen LogP contribution in [0.5, 0.6) is 0 Å². The van der Waals surface area contributed by atoms with Gasteiger partial charge in [0, 0.05) is 25.1 Å². The molecule has 9 nitrogen and oxygen atoms in total. The Labute approximate surface area is 160 Å². The number of amides is 1. The molecule has 0 spiro atoms. The molecule has 0 radical (unpaired) electrons. The first-order valence-corrected chi connectivity index (χ1v) is 9.55. The number of imidazole rings is 1. The van der Waals surface area contributed by atoms with Crippen molar-refractivity contribution in [3.63, 3.8) is 0 Å². The zero-order valence-electron chi connectivity index (χ0n) is 16.6. The predicted octanol–water partition coefficient (Wildman–Crippen LogP) is 2.61. The van der Waals surface area contributed by atoms with Crippen molar-refractivity contribution >= 4 is 23.4 Å². The van der Waals surface area contributed by atoms with Gasteiger partial charge in [-0.2, -0.15) is 5.10 Å². The minimum Gasteiger partial charge on any atom is -0.382 e. The predicted molar refractivity (Wildman–Crippen MR) is 104 cm³/mol. The number of nitrogen functional groups attached to an aromatic ring is 1. The Hall–Kier alpha value is -2.71. The number of aromatic nitrogens is 4. The number of rotatable bonds is 11. The number of anilines is 1. The summed E-state index contributed by atoms with van der Waals surface area (Å²) in [5.74, 6) is 1.24. The van der Waals surface area contributed by atoms with Crippen LogP contribution in [0.15, 0.2) is 28.8 Å². The van der Waals surface area contributed by atoms with Crippen LogP contribution >= 0.6 is 0 Å². The SMILES string of the molecule is CCCCCCn1ncc(N=Nc2n(CCCNC(C)=O)cc[n+]2C)c1N. The summed E-state index contributed by atoms with van der Waals surface area (Å²) in [7, 11) is 1.92. The Kier molecular flexibility index (Phi) is 7.97. The van der Waals surface area contributed by atoms with E-state index in [2.05, 4.69) is 27.6 Å². The number of azo groups is 1. The molecule has 2 aromatic rings. The minimum atomic E-state index is -0.0184. The summed E-state index contributed by atoms with van der Waals surface area (Å²) in [6.07, 6.45) is 11.0. The fourth-order valence-electron chi connectivity index (χ4n) is 2.76. The molecule has 2 rings (SSSR count). The van der Waals surface area contributed by atoms with E-state index in [0.717, 1.165) is 25.9 Å². The second-order valence-corrected chi connectivity index (χ2v) is 6.64. The maximum atomic E-state index is 10.9. The van der Waals surface area contributed by atoms with Crippen molar-refractivity contribution in [2.75, 3.05) is 12.3 Å². The van der Waals surface area contributed by atoms with E-state index >= 15 is 0 Å². The quantitative estimate of drug-likeness (QED) is 0.358. The number of nitrogens with one attached hydrogen (secondary N) is 1. The molecule has 3 N–H and O–H groups in total. The first-order valence-electron chi connectivity index (χ1n) is 9.55. The Bertz CT molecular complexity index is 761. The third-order valence-electron chi connectivity index (χ3n) is 4.32. The van der Waals surface area contributed by atoms with E-state index < -0.39 is 0 Å². The molecular weight excluding hydrogens is 344 g/mol. The van der Waals surface area contributed by atoms with Gasteiger partial charge in [-0.25, -0.2) is 13.8 Å². The molecule has 148 valence electrons. The molecule has 0 saturated heterocycles. The van der Waals surface area contributed by atoms with E-state index in [-0.39, 0.29) is 5.91 Å². The molecule has 9 heteroatoms. The molecule has 0 aromatic carbocycles. The van der Waals surface area contributed by atoms with Crippen LogP contribution in [-0.2, 0) is 24.9 Å². The van der Waals surface area contributed by atoms with Crippen molar-refractivity contribution < 1.29 is 9.36 Å². The topological polar surface area (TPSA) is 106 Å². The average Bonchev–Trinajstić information content (AvgIpc) is 3.16. The number of hydrogen-bond donors (Lipinski definition) is 2. The second kappa shape index (κ2) is 10.4. The molecule has 0 bridgehead atoms. The highest BCUT2D eigenvalue weighted by Crippen LogP contribution is 2.23. The van der Waals surface area contributed by atoms with Gasteiger partial charge in [-0.1, -0.05) is 31.3 Å². The van der Waals surface area contributed by atoms with Crippen molar-refractivity contribution in [1.82, 2.24) is 19.7 Å². The van der Waals surface area contributed by atoms with Gasteiger partial charge in [0.25, 0.3) is 0 Å². The Morgan fingerprint density at radius 2 is 2.07 bits per heavy atom. The van der Waals surface area contributed by atoms with Gasteiger partial charge in [-0.15, -0.1) is 0 Å². The van der Waals surface area contributed by atoms with Crippen LogP contribution in [0.1, 0.15) is 46.0 Å². The van der Waals surface area contributed by atoms with E-state index in [9.17, 15) is 4.79 Å². The number of unbranched alkanes of at least 4 members (excludes halogenated alkanes) is 3. The van der Waals surface area contributed by atoms with Crippen LogP contribution in [0.4, 0.5) is 17.5 Å². The molecule has 0 unspecified atom stereocenters. The van der Waals surface area contributed by atoms with Gasteiger partial charge in [-0.3, -0.25) is 4.79 Å². The number of nitrogens with two attached hydrogens (primary N) is 1. The van der Waals surface area contributed by atoms with Gasteiger partial charge in [-0.05, 0) is 12.8 Å². The van der Waals surface area contributed by atoms with E-state index in [1.165, 1.54) is 26.2 Å². The Morgan fingerprint density at radius 3 is 2.81 bits per heavy atom. The molecular formula is C18H31N8O+. The van der Waals surface area contributed by atoms with Gasteiger partial charge in [0.15, 0.2) is 11.5 Å². The standard InChI is InChI=1S/C18H30N8O/c1-4-5-6-7-11-26-17(19)16(14-21-26)22-23-18-24(3)12-13-25(18)10-8-9-20-15(2)27/h12-14,19H,4-11H2,1-3H3,(H,20,27)/p+1. The van der Waals surface area contributed by atoms with Crippen molar-refractivity contribution in [2.45, 2.75) is 59.0 Å². The van der Waals surface area contributed by atoms with Crippen molar-refractivity contribution in [1.29, 1.82) is 0 Å². The fraction of sp³-hybridized carbons (Fsp3) is 0.611. The third-order valence-corrected chi connectivity index (χ3v) is 4.32. The van der Waals surface area contributed by atoms with Crippen LogP contribution in [0.3, 0.4) is 0 Å². The van der Waals surface area contributed by atoms with Crippen LogP contribution in [-0.4, -0.2) is 26.8 Å². The van der Waals surface area contributed by atoms with Crippen molar-refractivity contribution in [3.8, 4) is 0 Å². The van der Waals surface area contributed by atoms with E-state index in [1.54, 1.807) is 10.9 Å². The van der Waals surface area contributed by atoms with Gasteiger partial charge >= 0.3 is 5.95 Å². The zero-order valence-corrected chi connectivity index (χ0v) is 16.6. The van der Waals surface area contributed by atoms with Crippen molar-refractivity contribution in [2.24, 2.45) is 17.3 Å². The number of carbonyl (C=O) groups is 1. The first kappa shape index (κ1) is 20.6. The summed E-state index contributed by atoms with van der Waals surface area (Å²) in [4.78, 5) is 10.9. The van der Waals surface area contributed by atoms with E-state index in [1.807, 2.05) is 28.6 Å². The largest absolute Gasteiger partial charge is 0.421 e. The number of aryl methyl sites for hydroxylation is 3. The Morgan fingerprint density at radius 1 is 1.26 bits per heavy atom. The molecule has 0 aliphatic heterocycles. The monoisotopic (exact) mass is 375 g/mol. The smallest absolute Gasteiger partial charge is 0.382 e. The first-order chi connectivity index (χ1) is 13.0. The molecule has 1 amide bonds. The molecule has 0 saturated carbocycles. The lowest BCUT2D eigenvalue weighted by atomic mass is 10.2. The van der Waals surface area contributed by atoms with Gasteiger partial charge in [0.05, 0.1) is 32.2 Å². The minimum absolute atomic E-state index is 0.0184. The molecule has 0 aliphatic carbocycles. The summed E-state index contributed by atoms with van der Waals surface area (Å²) in [6, 6.07) is 0. The van der Waals surface area contributed by atoms with Crippen molar-refractivity contribution in [3.05, 3.63) is 18.6 Å². The van der Waals surface area contributed by atoms with Crippen LogP contribution in [0.2, 0.25) is 0 Å². The second-order valence-electron chi connectivity index (χ2n) is 6.64. The lowest BCUT2D eigenvalue weighted by Gasteiger charge is -2.03. The molecule has 0 aliphatic rings. The lowest BCUT2D eigenvalue weighted by Crippen LogP contribution is -2.26. The zero-order chi connectivity index (χ0) is 19.6. The van der Waals surface area contributed by atoms with E-state index in [4.69, 9.17) is 5.73 Å². The van der Waals surface area contributed by atoms with E-state index in [0.29, 0.717) is 24.0 Å². The fourth-order valence-corrected chi connectivity index (χ4v) is 2.76. The van der Waals surface area contributed by atoms with Gasteiger partial charge in [0.1, 0.15) is 0 Å². The number of carbonyl (C=O) groups excluding carboxylic acids is 1. The normalized spacial score (nSPS) is 11.4. The number of nitrogens with zero attached hydrogens (tertiary/aromatic N) is 6. The molecule has 2 aromatic heterocycles. The average molecular weight is 376 g/mol. The molecule has 0 atom stereocenters. The highest BCUT2D eigenvalue weighted by Gasteiger charge is 2.15. The maximum absolute atomic E-state index is 10.9. The Balaban J connectivity index is 1.98. The van der Waals surface area contributed by atoms with Crippen LogP contribution in [0.25, 0.3) is 0 Å². The molecule has 2 heterocycles. The van der Waals surface area contributed by atoms with Gasteiger partial charge < -0.3 is 11.1 Å². The summed E-state index contributed by atoms with van der Waals surface area (Å²) >= 11 is 0. The maximum Gasteiger partial charge on any atom is 0.421 e. The summed E-state index contributed by atoms with van der Waals surface area (Å²) < 4.78 is 5.68. The van der Waals surface area contributed by atoms with Crippen LogP contribution in [0, 0.1) is 0 Å². The molecule has 0 fully saturated rings. The summed E-state index contributed by atoms with van der Waals surface area (Å²) in [6.45, 7) is 5.88. The van der Waals surface area contributed by atoms with Crippen LogP contribution < -0.4 is 15.6 Å². The lowest BCUT2D eigenvalue weighted by molar-refractivity contribution is -0.657. The summed E-state index contributed by atoms with van der Waals surface area (Å²) in [5.41, 5.74) is 6.73. The molecule has 27 heavy (non-hydrogen) atoms. The number of hydrogen-bond acceptors (Lipinski definition) is 5. The van der Waals surface area contributed by atoms with Gasteiger partial charge in [0.2, 0.25) is 5.91 Å². The third kappa shape index (κ3) is 6.19. The highest BCUT2D eigenvalue weighted by molar-refractivity contribution is 5.72. The summed E-state index contributed by atoms with van der Waals surface area (Å²) in [5, 5.41) is 15.8. The highest BCUT2D eigenvalue weighted by atomic mass is 16.1.